The Balaban J connectivity index is 0.00000676. The number of ether oxygens (including phenoxy) is 2. The van der Waals surface area contributed by atoms with Crippen LogP contribution in [0.4, 0.5) is 10.5 Å². The van der Waals surface area contributed by atoms with Crippen molar-refractivity contribution in [3.05, 3.63) is 29.8 Å². The number of hydrogen-bond acceptors (Lipinski definition) is 4. The highest BCUT2D eigenvalue weighted by Crippen LogP contribution is 2.10. The quantitative estimate of drug-likeness (QED) is 0.201. The van der Waals surface area contributed by atoms with Gasteiger partial charge in [-0.25, -0.2) is 9.79 Å². The molecular weight excluding hydrogens is 459 g/mol. The van der Waals surface area contributed by atoms with Crippen molar-refractivity contribution in [2.75, 3.05) is 38.7 Å². The van der Waals surface area contributed by atoms with Crippen LogP contribution in [0.25, 0.3) is 0 Å². The van der Waals surface area contributed by atoms with E-state index in [1.54, 1.807) is 0 Å². The minimum absolute atomic E-state index is 0. The Morgan fingerprint density at radius 3 is 2.44 bits per heavy atom. The largest absolute Gasteiger partial charge is 0.453 e. The fraction of sp³-hybridized carbons (Fsp3) is 0.579. The average molecular weight is 492 g/mol. The molecule has 0 saturated carbocycles. The van der Waals surface area contributed by atoms with Gasteiger partial charge in [0.1, 0.15) is 0 Å². The van der Waals surface area contributed by atoms with E-state index >= 15 is 0 Å². The highest BCUT2D eigenvalue weighted by Gasteiger charge is 2.01. The molecule has 1 aromatic carbocycles. The molecule has 0 unspecified atom stereocenters. The zero-order chi connectivity index (χ0) is 19.2. The summed E-state index contributed by atoms with van der Waals surface area (Å²) in [5.41, 5.74) is 1.74. The van der Waals surface area contributed by atoms with Gasteiger partial charge in [-0.15, -0.1) is 24.0 Å². The summed E-state index contributed by atoms with van der Waals surface area (Å²) in [6.07, 6.45) is 0.597. The van der Waals surface area contributed by atoms with Crippen molar-refractivity contribution in [1.82, 2.24) is 10.6 Å². The van der Waals surface area contributed by atoms with E-state index in [-0.39, 0.29) is 24.0 Å². The molecule has 1 amide bonds. The van der Waals surface area contributed by atoms with Gasteiger partial charge in [0.25, 0.3) is 0 Å². The molecule has 0 saturated heterocycles. The monoisotopic (exact) mass is 492 g/mol. The van der Waals surface area contributed by atoms with E-state index in [9.17, 15) is 4.79 Å². The number of nitrogens with one attached hydrogen (secondary N) is 3. The third kappa shape index (κ3) is 12.5. The van der Waals surface area contributed by atoms with E-state index < -0.39 is 6.09 Å². The lowest BCUT2D eigenvalue weighted by molar-refractivity contribution is 0.128. The molecule has 27 heavy (non-hydrogen) atoms. The van der Waals surface area contributed by atoms with Gasteiger partial charge in [0.05, 0.1) is 20.3 Å². The number of methoxy groups -OCH3 is 1. The Bertz CT molecular complexity index is 550. The van der Waals surface area contributed by atoms with Crippen LogP contribution in [0.1, 0.15) is 32.8 Å². The van der Waals surface area contributed by atoms with Gasteiger partial charge >= 0.3 is 6.09 Å². The minimum Gasteiger partial charge on any atom is -0.453 e. The standard InChI is InChI=1S/C19H32N4O3.HI/c1-5-20-18(21-11-13-26-12-10-15(2)3)22-14-16-6-8-17(9-7-16)23-19(24)25-4;/h6-9,15H,5,10-14H2,1-4H3,(H,23,24)(H2,20,21,22);1H. The topological polar surface area (TPSA) is 84.0 Å². The molecule has 0 aromatic heterocycles. The van der Waals surface area contributed by atoms with Crippen LogP contribution in [-0.4, -0.2) is 45.5 Å². The van der Waals surface area contributed by atoms with Crippen LogP contribution >= 0.6 is 24.0 Å². The molecule has 3 N–H and O–H groups in total. The maximum Gasteiger partial charge on any atom is 0.411 e. The number of carbonyl (C=O) groups is 1. The van der Waals surface area contributed by atoms with Crippen molar-refractivity contribution in [2.45, 2.75) is 33.7 Å². The van der Waals surface area contributed by atoms with Gasteiger partial charge in [-0.2, -0.15) is 0 Å². The predicted molar refractivity (Wildman–Crippen MR) is 121 cm³/mol. The molecule has 0 fully saturated rings. The Labute approximate surface area is 179 Å². The predicted octanol–water partition coefficient (Wildman–Crippen LogP) is 3.60. The number of carbonyl (C=O) groups excluding carboxylic acids is 1. The van der Waals surface area contributed by atoms with E-state index in [1.165, 1.54) is 7.11 Å². The second kappa shape index (κ2) is 15.5. The first-order valence-corrected chi connectivity index (χ1v) is 9.09. The number of anilines is 1. The lowest BCUT2D eigenvalue weighted by atomic mass is 10.1. The van der Waals surface area contributed by atoms with Crippen molar-refractivity contribution in [1.29, 1.82) is 0 Å². The molecule has 0 bridgehead atoms. The Morgan fingerprint density at radius 1 is 1.15 bits per heavy atom. The number of guanidine groups is 1. The highest BCUT2D eigenvalue weighted by atomic mass is 127. The smallest absolute Gasteiger partial charge is 0.411 e. The summed E-state index contributed by atoms with van der Waals surface area (Å²) in [6.45, 7) is 9.91. The summed E-state index contributed by atoms with van der Waals surface area (Å²) >= 11 is 0. The Kier molecular flexibility index (Phi) is 14.6. The zero-order valence-corrected chi connectivity index (χ0v) is 19.0. The fourth-order valence-electron chi connectivity index (χ4n) is 2.04. The molecular formula is C19H33IN4O3. The molecule has 7 nitrogen and oxygen atoms in total. The summed E-state index contributed by atoms with van der Waals surface area (Å²) in [4.78, 5) is 15.7. The average Bonchev–Trinajstić information content (AvgIpc) is 2.63. The van der Waals surface area contributed by atoms with E-state index in [0.29, 0.717) is 31.3 Å². The number of rotatable bonds is 10. The number of hydrogen-bond donors (Lipinski definition) is 3. The minimum atomic E-state index is -0.481. The summed E-state index contributed by atoms with van der Waals surface area (Å²) in [5.74, 6) is 1.42. The molecule has 0 aliphatic rings. The van der Waals surface area contributed by atoms with Gasteiger partial charge in [-0.05, 0) is 37.0 Å². The van der Waals surface area contributed by atoms with E-state index in [1.807, 2.05) is 31.2 Å². The molecule has 0 heterocycles. The second-order valence-corrected chi connectivity index (χ2v) is 6.23. The second-order valence-electron chi connectivity index (χ2n) is 6.23. The van der Waals surface area contributed by atoms with Gasteiger partial charge in [0.2, 0.25) is 0 Å². The van der Waals surface area contributed by atoms with Gasteiger partial charge < -0.3 is 20.1 Å². The Morgan fingerprint density at radius 2 is 1.85 bits per heavy atom. The van der Waals surface area contributed by atoms with Crippen molar-refractivity contribution < 1.29 is 14.3 Å². The van der Waals surface area contributed by atoms with Crippen molar-refractivity contribution >= 4 is 41.7 Å². The fourth-order valence-corrected chi connectivity index (χ4v) is 2.04. The molecule has 0 atom stereocenters. The van der Waals surface area contributed by atoms with Crippen LogP contribution in [-0.2, 0) is 16.0 Å². The number of nitrogens with zero attached hydrogens (tertiary/aromatic N) is 1. The molecule has 0 spiro atoms. The highest BCUT2D eigenvalue weighted by molar-refractivity contribution is 14.0. The van der Waals surface area contributed by atoms with Crippen LogP contribution in [0.15, 0.2) is 29.3 Å². The third-order valence-corrected chi connectivity index (χ3v) is 3.53. The van der Waals surface area contributed by atoms with Gasteiger partial charge in [-0.1, -0.05) is 26.0 Å². The lowest BCUT2D eigenvalue weighted by Gasteiger charge is -2.12. The van der Waals surface area contributed by atoms with Crippen LogP contribution < -0.4 is 16.0 Å². The van der Waals surface area contributed by atoms with Crippen molar-refractivity contribution in [2.24, 2.45) is 10.9 Å². The van der Waals surface area contributed by atoms with Crippen LogP contribution in [0.2, 0.25) is 0 Å². The van der Waals surface area contributed by atoms with Gasteiger partial charge in [-0.3, -0.25) is 5.32 Å². The van der Waals surface area contributed by atoms with E-state index in [4.69, 9.17) is 4.74 Å². The molecule has 1 aromatic rings. The van der Waals surface area contributed by atoms with Gasteiger partial charge in [0.15, 0.2) is 5.96 Å². The number of halogens is 1. The summed E-state index contributed by atoms with van der Waals surface area (Å²) in [7, 11) is 1.34. The van der Waals surface area contributed by atoms with Crippen molar-refractivity contribution in [3.8, 4) is 0 Å². The summed E-state index contributed by atoms with van der Waals surface area (Å²) in [5, 5.41) is 9.10. The van der Waals surface area contributed by atoms with Crippen LogP contribution in [0.5, 0.6) is 0 Å². The molecule has 8 heteroatoms. The molecule has 0 aliphatic carbocycles. The first kappa shape index (κ1) is 25.4. The maximum absolute atomic E-state index is 11.2. The summed E-state index contributed by atoms with van der Waals surface area (Å²) < 4.78 is 10.2. The molecule has 1 rings (SSSR count). The molecule has 154 valence electrons. The lowest BCUT2D eigenvalue weighted by Crippen LogP contribution is -2.39. The van der Waals surface area contributed by atoms with E-state index in [2.05, 4.69) is 39.5 Å². The maximum atomic E-state index is 11.2. The van der Waals surface area contributed by atoms with E-state index in [0.717, 1.165) is 31.1 Å². The Hall–Kier alpha value is -1.55. The molecule has 0 radical (unpaired) electrons. The zero-order valence-electron chi connectivity index (χ0n) is 16.7. The van der Waals surface area contributed by atoms with Crippen molar-refractivity contribution in [3.63, 3.8) is 0 Å². The van der Waals surface area contributed by atoms with Gasteiger partial charge in [0, 0.05) is 25.4 Å². The van der Waals surface area contributed by atoms with Crippen LogP contribution in [0, 0.1) is 5.92 Å². The first-order valence-electron chi connectivity index (χ1n) is 9.09. The summed E-state index contributed by atoms with van der Waals surface area (Å²) in [6, 6.07) is 7.50. The SMILES string of the molecule is CCNC(=NCc1ccc(NC(=O)OC)cc1)NCCOCCC(C)C.I. The first-order chi connectivity index (χ1) is 12.5. The number of amides is 1. The van der Waals surface area contributed by atoms with Crippen LogP contribution in [0.3, 0.4) is 0 Å². The molecule has 0 aliphatic heterocycles. The third-order valence-electron chi connectivity index (χ3n) is 3.53. The normalized spacial score (nSPS) is 10.9. The number of benzene rings is 1. The number of aliphatic imine (C=N–C) groups is 1.